The van der Waals surface area contributed by atoms with E-state index in [1.54, 1.807) is 0 Å². The van der Waals surface area contributed by atoms with Gasteiger partial charge in [-0.3, -0.25) is 4.90 Å². The second-order valence-electron chi connectivity index (χ2n) is 5.58. The Morgan fingerprint density at radius 2 is 1.89 bits per heavy atom. The third-order valence-electron chi connectivity index (χ3n) is 4.39. The van der Waals surface area contributed by atoms with Crippen molar-refractivity contribution in [1.82, 2.24) is 4.90 Å². The Hall–Kier alpha value is -0.900. The van der Waals surface area contributed by atoms with Gasteiger partial charge in [0.2, 0.25) is 0 Å². The Kier molecular flexibility index (Phi) is 4.97. The normalized spacial score (nSPS) is 20.2. The molecule has 0 bridgehead atoms. The van der Waals surface area contributed by atoms with Gasteiger partial charge in [0.1, 0.15) is 0 Å². The van der Waals surface area contributed by atoms with Crippen molar-refractivity contribution in [3.8, 4) is 0 Å². The topological polar surface area (TPSA) is 38.5 Å². The number of aryl methyl sites for hydroxylation is 2. The average molecular weight is 262 g/mol. The van der Waals surface area contributed by atoms with Crippen LogP contribution in [-0.2, 0) is 4.74 Å². The molecule has 0 radical (unpaired) electrons. The summed E-state index contributed by atoms with van der Waals surface area (Å²) in [4.78, 5) is 2.48. The molecule has 1 aliphatic rings. The summed E-state index contributed by atoms with van der Waals surface area (Å²) in [6.07, 6.45) is 0. The summed E-state index contributed by atoms with van der Waals surface area (Å²) in [5, 5.41) is 0. The summed E-state index contributed by atoms with van der Waals surface area (Å²) < 4.78 is 5.43. The van der Waals surface area contributed by atoms with Crippen molar-refractivity contribution in [1.29, 1.82) is 0 Å². The van der Waals surface area contributed by atoms with E-state index in [2.05, 4.69) is 43.9 Å². The van der Waals surface area contributed by atoms with Crippen LogP contribution in [0.15, 0.2) is 18.2 Å². The SMILES string of the molecule is Cc1ccc(C(C)C(CN)N2CCOCC2)cc1C. The van der Waals surface area contributed by atoms with Crippen molar-refractivity contribution in [2.24, 2.45) is 5.73 Å². The van der Waals surface area contributed by atoms with Gasteiger partial charge in [-0.2, -0.15) is 0 Å². The van der Waals surface area contributed by atoms with Crippen molar-refractivity contribution < 1.29 is 4.74 Å². The van der Waals surface area contributed by atoms with Crippen LogP contribution in [0.4, 0.5) is 0 Å². The fraction of sp³-hybridized carbons (Fsp3) is 0.625. The summed E-state index contributed by atoms with van der Waals surface area (Å²) in [5.74, 6) is 0.461. The van der Waals surface area contributed by atoms with Crippen LogP contribution in [0.1, 0.15) is 29.5 Å². The summed E-state index contributed by atoms with van der Waals surface area (Å²) in [6.45, 7) is 11.0. The van der Waals surface area contributed by atoms with Gasteiger partial charge in [0.05, 0.1) is 13.2 Å². The molecule has 2 rings (SSSR count). The van der Waals surface area contributed by atoms with E-state index in [-0.39, 0.29) is 0 Å². The molecule has 1 aromatic rings. The summed E-state index contributed by atoms with van der Waals surface area (Å²) in [7, 11) is 0. The van der Waals surface area contributed by atoms with Crippen LogP contribution in [0.25, 0.3) is 0 Å². The number of ether oxygens (including phenoxy) is 1. The molecule has 0 amide bonds. The maximum absolute atomic E-state index is 6.03. The largest absolute Gasteiger partial charge is 0.379 e. The first-order chi connectivity index (χ1) is 9.13. The summed E-state index contributed by atoms with van der Waals surface area (Å²) in [6, 6.07) is 7.18. The van der Waals surface area contributed by atoms with E-state index in [1.807, 2.05) is 0 Å². The maximum atomic E-state index is 6.03. The minimum atomic E-state index is 0.408. The van der Waals surface area contributed by atoms with E-state index >= 15 is 0 Å². The second kappa shape index (κ2) is 6.51. The lowest BCUT2D eigenvalue weighted by Gasteiger charge is -2.37. The standard InChI is InChI=1S/C16H26N2O/c1-12-4-5-15(10-13(12)2)14(3)16(11-17)18-6-8-19-9-7-18/h4-5,10,14,16H,6-9,11,17H2,1-3H3. The zero-order valence-electron chi connectivity index (χ0n) is 12.4. The van der Waals surface area contributed by atoms with Crippen LogP contribution in [0.2, 0.25) is 0 Å². The minimum Gasteiger partial charge on any atom is -0.379 e. The van der Waals surface area contributed by atoms with Crippen molar-refractivity contribution in [3.05, 3.63) is 34.9 Å². The van der Waals surface area contributed by atoms with E-state index in [4.69, 9.17) is 10.5 Å². The first-order valence-corrected chi connectivity index (χ1v) is 7.22. The van der Waals surface area contributed by atoms with E-state index < -0.39 is 0 Å². The average Bonchev–Trinajstić information content (AvgIpc) is 2.44. The first kappa shape index (κ1) is 14.5. The fourth-order valence-electron chi connectivity index (χ4n) is 2.85. The number of benzene rings is 1. The smallest absolute Gasteiger partial charge is 0.0594 e. The Labute approximate surface area is 116 Å². The molecule has 2 unspecified atom stereocenters. The van der Waals surface area contributed by atoms with E-state index in [0.29, 0.717) is 18.5 Å². The molecule has 1 aromatic carbocycles. The Balaban J connectivity index is 2.14. The van der Waals surface area contributed by atoms with Gasteiger partial charge < -0.3 is 10.5 Å². The highest BCUT2D eigenvalue weighted by atomic mass is 16.5. The second-order valence-corrected chi connectivity index (χ2v) is 5.58. The predicted molar refractivity (Wildman–Crippen MR) is 79.6 cm³/mol. The molecule has 0 aromatic heterocycles. The van der Waals surface area contributed by atoms with Crippen molar-refractivity contribution in [2.45, 2.75) is 32.7 Å². The number of nitrogens with two attached hydrogens (primary N) is 1. The van der Waals surface area contributed by atoms with Gasteiger partial charge in [0.15, 0.2) is 0 Å². The molecule has 3 nitrogen and oxygen atoms in total. The molecule has 0 saturated carbocycles. The Morgan fingerprint density at radius 1 is 1.21 bits per heavy atom. The van der Waals surface area contributed by atoms with Crippen LogP contribution in [0.3, 0.4) is 0 Å². The van der Waals surface area contributed by atoms with E-state index in [1.165, 1.54) is 16.7 Å². The number of hydrogen-bond acceptors (Lipinski definition) is 3. The lowest BCUT2D eigenvalue weighted by atomic mass is 9.90. The van der Waals surface area contributed by atoms with E-state index in [0.717, 1.165) is 26.3 Å². The molecule has 2 atom stereocenters. The zero-order chi connectivity index (χ0) is 13.8. The maximum Gasteiger partial charge on any atom is 0.0594 e. The monoisotopic (exact) mass is 262 g/mol. The van der Waals surface area contributed by atoms with Gasteiger partial charge in [-0.15, -0.1) is 0 Å². The Bertz CT molecular complexity index is 413. The molecular formula is C16H26N2O. The van der Waals surface area contributed by atoms with E-state index in [9.17, 15) is 0 Å². The lowest BCUT2D eigenvalue weighted by Crippen LogP contribution is -2.49. The van der Waals surface area contributed by atoms with Gasteiger partial charge in [-0.1, -0.05) is 25.1 Å². The predicted octanol–water partition coefficient (Wildman–Crippen LogP) is 2.07. The Morgan fingerprint density at radius 3 is 2.47 bits per heavy atom. The highest BCUT2D eigenvalue weighted by molar-refractivity contribution is 5.32. The van der Waals surface area contributed by atoms with Crippen LogP contribution < -0.4 is 5.73 Å². The first-order valence-electron chi connectivity index (χ1n) is 7.22. The van der Waals surface area contributed by atoms with Gasteiger partial charge in [-0.25, -0.2) is 0 Å². The highest BCUT2D eigenvalue weighted by Gasteiger charge is 2.25. The van der Waals surface area contributed by atoms with Crippen LogP contribution >= 0.6 is 0 Å². The molecule has 106 valence electrons. The summed E-state index contributed by atoms with van der Waals surface area (Å²) >= 11 is 0. The number of morpholine rings is 1. The van der Waals surface area contributed by atoms with Gasteiger partial charge in [0.25, 0.3) is 0 Å². The van der Waals surface area contributed by atoms with Crippen molar-refractivity contribution in [3.63, 3.8) is 0 Å². The highest BCUT2D eigenvalue weighted by Crippen LogP contribution is 2.25. The molecule has 1 heterocycles. The number of hydrogen-bond donors (Lipinski definition) is 1. The minimum absolute atomic E-state index is 0.408. The van der Waals surface area contributed by atoms with Crippen molar-refractivity contribution >= 4 is 0 Å². The molecule has 2 N–H and O–H groups in total. The quantitative estimate of drug-likeness (QED) is 0.903. The van der Waals surface area contributed by atoms with Crippen LogP contribution in [-0.4, -0.2) is 43.8 Å². The fourth-order valence-corrected chi connectivity index (χ4v) is 2.85. The molecular weight excluding hydrogens is 236 g/mol. The number of rotatable bonds is 4. The summed E-state index contributed by atoms with van der Waals surface area (Å²) in [5.41, 5.74) is 10.1. The third kappa shape index (κ3) is 3.35. The molecule has 3 heteroatoms. The molecule has 1 saturated heterocycles. The lowest BCUT2D eigenvalue weighted by molar-refractivity contribution is 0.0136. The van der Waals surface area contributed by atoms with Crippen molar-refractivity contribution in [2.75, 3.05) is 32.8 Å². The molecule has 19 heavy (non-hydrogen) atoms. The molecule has 0 aliphatic carbocycles. The van der Waals surface area contributed by atoms with Crippen LogP contribution in [0, 0.1) is 13.8 Å². The van der Waals surface area contributed by atoms with Gasteiger partial charge in [-0.05, 0) is 36.5 Å². The molecule has 0 spiro atoms. The zero-order valence-corrected chi connectivity index (χ0v) is 12.4. The number of nitrogens with zero attached hydrogens (tertiary/aromatic N) is 1. The molecule has 1 aliphatic heterocycles. The molecule has 1 fully saturated rings. The third-order valence-corrected chi connectivity index (χ3v) is 4.39. The van der Waals surface area contributed by atoms with Gasteiger partial charge in [0, 0.05) is 25.7 Å². The van der Waals surface area contributed by atoms with Gasteiger partial charge >= 0.3 is 0 Å². The van der Waals surface area contributed by atoms with Crippen LogP contribution in [0.5, 0.6) is 0 Å².